The number of aromatic nitrogens is 3. The first-order chi connectivity index (χ1) is 14.4. The number of rotatable bonds is 5. The molecule has 3 heterocycles. The number of aryl methyl sites for hydroxylation is 1. The molecule has 30 heavy (non-hydrogen) atoms. The van der Waals surface area contributed by atoms with E-state index in [-0.39, 0.29) is 17.8 Å². The molecule has 4 rings (SSSR count). The molecule has 1 N–H and O–H groups in total. The minimum Gasteiger partial charge on any atom is -0.356 e. The van der Waals surface area contributed by atoms with Crippen LogP contribution in [0.25, 0.3) is 16.7 Å². The van der Waals surface area contributed by atoms with Gasteiger partial charge in [0.15, 0.2) is 5.65 Å². The molecule has 1 aliphatic heterocycles. The van der Waals surface area contributed by atoms with Crippen molar-refractivity contribution in [1.29, 1.82) is 0 Å². The molecule has 1 unspecified atom stereocenters. The number of anilines is 1. The van der Waals surface area contributed by atoms with Crippen LogP contribution in [0.3, 0.4) is 0 Å². The van der Waals surface area contributed by atoms with Crippen LogP contribution in [0, 0.1) is 13.8 Å². The fourth-order valence-corrected chi connectivity index (χ4v) is 4.21. The van der Waals surface area contributed by atoms with Crippen LogP contribution in [0.4, 0.5) is 5.82 Å². The quantitative estimate of drug-likeness (QED) is 0.636. The third kappa shape index (κ3) is 3.65. The molecule has 158 valence electrons. The maximum absolute atomic E-state index is 12.9. The van der Waals surface area contributed by atoms with Crippen LogP contribution in [0.1, 0.15) is 55.0 Å². The fourth-order valence-electron chi connectivity index (χ4n) is 4.02. The van der Waals surface area contributed by atoms with E-state index in [1.54, 1.807) is 0 Å². The molecule has 1 saturated heterocycles. The van der Waals surface area contributed by atoms with Crippen LogP contribution >= 0.6 is 11.6 Å². The lowest BCUT2D eigenvalue weighted by atomic mass is 10.2. The van der Waals surface area contributed by atoms with Gasteiger partial charge in [0.2, 0.25) is 5.82 Å². The summed E-state index contributed by atoms with van der Waals surface area (Å²) in [5, 5.41) is 4.68. The Labute approximate surface area is 182 Å². The van der Waals surface area contributed by atoms with E-state index in [1.165, 1.54) is 0 Å². The number of carbonyl (C=O) groups excluding carboxylic acids is 1. The summed E-state index contributed by atoms with van der Waals surface area (Å²) < 4.78 is 2.08. The summed E-state index contributed by atoms with van der Waals surface area (Å²) in [6.45, 7) is 10.1. The van der Waals surface area contributed by atoms with Gasteiger partial charge in [0.1, 0.15) is 5.82 Å². The summed E-state index contributed by atoms with van der Waals surface area (Å²) in [7, 11) is 0. The van der Waals surface area contributed by atoms with E-state index in [2.05, 4.69) is 28.6 Å². The highest BCUT2D eigenvalue weighted by molar-refractivity contribution is 6.30. The van der Waals surface area contributed by atoms with Gasteiger partial charge in [-0.2, -0.15) is 0 Å². The second-order valence-electron chi connectivity index (χ2n) is 8.07. The van der Waals surface area contributed by atoms with Gasteiger partial charge in [0, 0.05) is 35.5 Å². The number of hydrogen-bond donors (Lipinski definition) is 1. The average Bonchev–Trinajstić information content (AvgIpc) is 3.35. The summed E-state index contributed by atoms with van der Waals surface area (Å²) in [6.07, 6.45) is 3.12. The van der Waals surface area contributed by atoms with E-state index in [0.717, 1.165) is 66.1 Å². The predicted molar refractivity (Wildman–Crippen MR) is 122 cm³/mol. The number of benzene rings is 1. The number of fused-ring (bicyclic) bond motifs is 1. The second-order valence-corrected chi connectivity index (χ2v) is 8.51. The molecule has 3 aromatic rings. The molecule has 1 amide bonds. The molecule has 0 saturated carbocycles. The number of hydrogen-bond acceptors (Lipinski definition) is 4. The van der Waals surface area contributed by atoms with Crippen molar-refractivity contribution in [2.24, 2.45) is 0 Å². The lowest BCUT2D eigenvalue weighted by Crippen LogP contribution is -2.33. The Morgan fingerprint density at radius 1 is 1.23 bits per heavy atom. The summed E-state index contributed by atoms with van der Waals surface area (Å²) in [5.74, 6) is 0.833. The van der Waals surface area contributed by atoms with Crippen molar-refractivity contribution in [3.8, 4) is 5.69 Å². The highest BCUT2D eigenvalue weighted by Crippen LogP contribution is 2.35. The summed E-state index contributed by atoms with van der Waals surface area (Å²) >= 11 is 6.28. The van der Waals surface area contributed by atoms with Crippen LogP contribution < -0.4 is 10.2 Å². The molecule has 0 spiro atoms. The van der Waals surface area contributed by atoms with Crippen molar-refractivity contribution in [3.63, 3.8) is 0 Å². The van der Waals surface area contributed by atoms with E-state index in [9.17, 15) is 4.79 Å². The van der Waals surface area contributed by atoms with Gasteiger partial charge >= 0.3 is 0 Å². The summed E-state index contributed by atoms with van der Waals surface area (Å²) in [4.78, 5) is 24.7. The highest BCUT2D eigenvalue weighted by Gasteiger charge is 2.26. The van der Waals surface area contributed by atoms with Crippen molar-refractivity contribution in [3.05, 3.63) is 46.4 Å². The minimum absolute atomic E-state index is 0.0650. The summed E-state index contributed by atoms with van der Waals surface area (Å²) in [6, 6.07) is 7.78. The van der Waals surface area contributed by atoms with E-state index in [0.29, 0.717) is 5.02 Å². The first-order valence-corrected chi connectivity index (χ1v) is 11.0. The molecule has 0 aliphatic carbocycles. The number of amides is 1. The van der Waals surface area contributed by atoms with Crippen LogP contribution in [0.2, 0.25) is 5.02 Å². The maximum Gasteiger partial charge on any atom is 0.289 e. The molecule has 1 aromatic carbocycles. The van der Waals surface area contributed by atoms with Gasteiger partial charge in [0.25, 0.3) is 5.91 Å². The Balaban J connectivity index is 1.97. The first-order valence-electron chi connectivity index (χ1n) is 10.6. The third-order valence-corrected chi connectivity index (χ3v) is 6.24. The van der Waals surface area contributed by atoms with Gasteiger partial charge in [0.05, 0.1) is 5.39 Å². The van der Waals surface area contributed by atoms with Crippen molar-refractivity contribution in [2.45, 2.75) is 53.0 Å². The third-order valence-electron chi connectivity index (χ3n) is 6.00. The molecule has 1 atom stereocenters. The van der Waals surface area contributed by atoms with Gasteiger partial charge in [-0.15, -0.1) is 0 Å². The van der Waals surface area contributed by atoms with Gasteiger partial charge in [-0.25, -0.2) is 9.97 Å². The molecule has 2 aromatic heterocycles. The van der Waals surface area contributed by atoms with Crippen molar-refractivity contribution in [1.82, 2.24) is 19.9 Å². The topological polar surface area (TPSA) is 63.1 Å². The number of nitrogens with one attached hydrogen (secondary N) is 1. The monoisotopic (exact) mass is 425 g/mol. The molecule has 6 nitrogen and oxygen atoms in total. The zero-order valence-corrected chi connectivity index (χ0v) is 18.8. The van der Waals surface area contributed by atoms with Crippen LogP contribution in [0.5, 0.6) is 0 Å². The van der Waals surface area contributed by atoms with E-state index < -0.39 is 0 Å². The lowest BCUT2D eigenvalue weighted by molar-refractivity contribution is 0.0929. The Kier molecular flexibility index (Phi) is 5.69. The van der Waals surface area contributed by atoms with Gasteiger partial charge < -0.3 is 10.2 Å². The molecule has 0 bridgehead atoms. The van der Waals surface area contributed by atoms with Crippen LogP contribution in [0.15, 0.2) is 24.3 Å². The standard InChI is InChI=1S/C23H28ClN5O/c1-5-14(2)25-23(30)20-26-21(28-11-6-7-12-28)19-15(3)16(4)29(22(19)27-20)18-10-8-9-17(24)13-18/h8-10,13-14H,5-7,11-12H2,1-4H3,(H,25,30). The maximum atomic E-state index is 12.9. The van der Waals surface area contributed by atoms with Crippen molar-refractivity contribution < 1.29 is 4.79 Å². The fraction of sp³-hybridized carbons (Fsp3) is 0.435. The number of carbonyl (C=O) groups is 1. The lowest BCUT2D eigenvalue weighted by Gasteiger charge is -2.19. The summed E-state index contributed by atoms with van der Waals surface area (Å²) in [5.41, 5.74) is 3.87. The van der Waals surface area contributed by atoms with Crippen LogP contribution in [-0.2, 0) is 0 Å². The molecular formula is C23H28ClN5O. The van der Waals surface area contributed by atoms with Gasteiger partial charge in [-0.3, -0.25) is 9.36 Å². The van der Waals surface area contributed by atoms with E-state index >= 15 is 0 Å². The van der Waals surface area contributed by atoms with Gasteiger partial charge in [-0.05, 0) is 63.8 Å². The van der Waals surface area contributed by atoms with Crippen LogP contribution in [-0.4, -0.2) is 39.6 Å². The Hall–Kier alpha value is -2.60. The normalized spacial score (nSPS) is 15.0. The van der Waals surface area contributed by atoms with Crippen molar-refractivity contribution >= 4 is 34.4 Å². The van der Waals surface area contributed by atoms with E-state index in [1.807, 2.05) is 38.1 Å². The van der Waals surface area contributed by atoms with E-state index in [4.69, 9.17) is 21.6 Å². The Morgan fingerprint density at radius 2 is 1.97 bits per heavy atom. The predicted octanol–water partition coefficient (Wildman–Crippen LogP) is 4.82. The zero-order valence-electron chi connectivity index (χ0n) is 18.0. The number of halogens is 1. The molecule has 0 radical (unpaired) electrons. The second kappa shape index (κ2) is 8.26. The number of nitrogens with zero attached hydrogens (tertiary/aromatic N) is 4. The van der Waals surface area contributed by atoms with Crippen molar-refractivity contribution in [2.75, 3.05) is 18.0 Å². The first kappa shape index (κ1) is 20.7. The Morgan fingerprint density at radius 3 is 2.63 bits per heavy atom. The largest absolute Gasteiger partial charge is 0.356 e. The average molecular weight is 426 g/mol. The zero-order chi connectivity index (χ0) is 21.4. The molecule has 7 heteroatoms. The smallest absolute Gasteiger partial charge is 0.289 e. The SMILES string of the molecule is CCC(C)NC(=O)c1nc(N2CCCC2)c2c(C)c(C)n(-c3cccc(Cl)c3)c2n1. The Bertz CT molecular complexity index is 1100. The molecule has 1 fully saturated rings. The van der Waals surface area contributed by atoms with Gasteiger partial charge in [-0.1, -0.05) is 24.6 Å². The minimum atomic E-state index is -0.235. The molecule has 1 aliphatic rings. The highest BCUT2D eigenvalue weighted by atomic mass is 35.5. The molecular weight excluding hydrogens is 398 g/mol.